The molecule has 0 spiro atoms. The zero-order valence-electron chi connectivity index (χ0n) is 15.3. The van der Waals surface area contributed by atoms with E-state index in [0.717, 1.165) is 16.6 Å². The van der Waals surface area contributed by atoms with Crippen molar-refractivity contribution in [1.29, 1.82) is 0 Å². The van der Waals surface area contributed by atoms with Crippen LogP contribution >= 0.6 is 50.7 Å². The second-order valence-electron chi connectivity index (χ2n) is 6.19. The highest BCUT2D eigenvalue weighted by atomic mass is 79.9. The average Bonchev–Trinajstić information content (AvgIpc) is 3.24. The number of ether oxygens (including phenoxy) is 1. The Morgan fingerprint density at radius 3 is 2.66 bits per heavy atom. The summed E-state index contributed by atoms with van der Waals surface area (Å²) in [6, 6.07) is 6.33. The topological polar surface area (TPSA) is 69.3 Å². The summed E-state index contributed by atoms with van der Waals surface area (Å²) < 4.78 is 13.9. The minimum atomic E-state index is -0.295. The van der Waals surface area contributed by atoms with Gasteiger partial charge in [-0.05, 0) is 53.5 Å². The zero-order chi connectivity index (χ0) is 21.0. The van der Waals surface area contributed by atoms with Gasteiger partial charge in [-0.2, -0.15) is 5.10 Å². The second-order valence-corrected chi connectivity index (χ2v) is 8.29. The number of furan rings is 1. The summed E-state index contributed by atoms with van der Waals surface area (Å²) in [5.41, 5.74) is 0.931. The third kappa shape index (κ3) is 5.92. The molecule has 3 rings (SSSR count). The van der Waals surface area contributed by atoms with Crippen LogP contribution in [0.5, 0.6) is 5.75 Å². The van der Waals surface area contributed by atoms with Crippen molar-refractivity contribution >= 4 is 56.6 Å². The van der Waals surface area contributed by atoms with Crippen LogP contribution in [0.3, 0.4) is 0 Å². The number of aryl methyl sites for hydroxylation is 2. The third-order valence-electron chi connectivity index (χ3n) is 3.94. The lowest BCUT2D eigenvalue weighted by Gasteiger charge is -2.09. The van der Waals surface area contributed by atoms with Crippen molar-refractivity contribution < 1.29 is 13.9 Å². The molecule has 0 fully saturated rings. The molecule has 0 radical (unpaired) electrons. The maximum absolute atomic E-state index is 12.2. The number of nitrogens with one attached hydrogen (secondary N) is 1. The number of nitrogens with zero attached hydrogens (tertiary/aromatic N) is 2. The van der Waals surface area contributed by atoms with Crippen molar-refractivity contribution in [3.05, 3.63) is 67.2 Å². The van der Waals surface area contributed by atoms with Gasteiger partial charge in [-0.15, -0.1) is 0 Å². The van der Waals surface area contributed by atoms with E-state index in [1.54, 1.807) is 12.1 Å². The molecule has 2 aromatic heterocycles. The fourth-order valence-electron chi connectivity index (χ4n) is 2.53. The Morgan fingerprint density at radius 1 is 1.28 bits per heavy atom. The summed E-state index contributed by atoms with van der Waals surface area (Å²) >= 11 is 21.5. The molecule has 0 saturated carbocycles. The van der Waals surface area contributed by atoms with Crippen LogP contribution in [-0.2, 0) is 13.2 Å². The van der Waals surface area contributed by atoms with Crippen molar-refractivity contribution in [2.24, 2.45) is 0 Å². The molecule has 1 amide bonds. The lowest BCUT2D eigenvalue weighted by Crippen LogP contribution is -2.24. The minimum Gasteiger partial charge on any atom is -0.483 e. The van der Waals surface area contributed by atoms with E-state index in [4.69, 9.17) is 44.0 Å². The van der Waals surface area contributed by atoms with E-state index < -0.39 is 0 Å². The molecular formula is C19H17BrCl3N3O3. The first-order chi connectivity index (χ1) is 13.8. The van der Waals surface area contributed by atoms with Gasteiger partial charge in [0.1, 0.15) is 12.4 Å². The third-order valence-corrected chi connectivity index (χ3v) is 5.50. The van der Waals surface area contributed by atoms with Crippen LogP contribution < -0.4 is 10.1 Å². The monoisotopic (exact) mass is 519 g/mol. The summed E-state index contributed by atoms with van der Waals surface area (Å²) in [6.45, 7) is 3.20. The molecule has 10 heteroatoms. The number of rotatable bonds is 8. The Balaban J connectivity index is 1.47. The number of carbonyl (C=O) groups is 1. The first-order valence-corrected chi connectivity index (χ1v) is 10.6. The van der Waals surface area contributed by atoms with Gasteiger partial charge < -0.3 is 14.5 Å². The van der Waals surface area contributed by atoms with E-state index in [-0.39, 0.29) is 18.3 Å². The number of aromatic nitrogens is 2. The first-order valence-electron chi connectivity index (χ1n) is 8.67. The van der Waals surface area contributed by atoms with Crippen molar-refractivity contribution in [2.45, 2.75) is 26.5 Å². The molecule has 0 saturated heterocycles. The molecule has 0 atom stereocenters. The molecule has 2 heterocycles. The summed E-state index contributed by atoms with van der Waals surface area (Å²) in [5.74, 6) is 0.681. The molecule has 3 aromatic rings. The lowest BCUT2D eigenvalue weighted by molar-refractivity contribution is 0.0920. The maximum atomic E-state index is 12.2. The Bertz CT molecular complexity index is 977. The predicted octanol–water partition coefficient (Wildman–Crippen LogP) is 5.91. The fourth-order valence-corrected chi connectivity index (χ4v) is 3.77. The molecule has 154 valence electrons. The van der Waals surface area contributed by atoms with Gasteiger partial charge in [0.05, 0.1) is 20.2 Å². The number of halogens is 4. The highest BCUT2D eigenvalue weighted by Gasteiger charge is 2.13. The Morgan fingerprint density at radius 2 is 2.00 bits per heavy atom. The molecule has 0 bridgehead atoms. The number of hydrogen-bond donors (Lipinski definition) is 1. The second kappa shape index (κ2) is 9.89. The van der Waals surface area contributed by atoms with Gasteiger partial charge in [-0.1, -0.05) is 34.8 Å². The largest absolute Gasteiger partial charge is 0.483 e. The Labute approximate surface area is 191 Å². The van der Waals surface area contributed by atoms with Crippen LogP contribution in [0, 0.1) is 6.92 Å². The van der Waals surface area contributed by atoms with E-state index in [0.29, 0.717) is 39.7 Å². The predicted molar refractivity (Wildman–Crippen MR) is 116 cm³/mol. The van der Waals surface area contributed by atoms with Gasteiger partial charge in [0.15, 0.2) is 11.5 Å². The fraction of sp³-hybridized carbons (Fsp3) is 0.263. The van der Waals surface area contributed by atoms with Crippen LogP contribution in [-0.4, -0.2) is 22.2 Å². The summed E-state index contributed by atoms with van der Waals surface area (Å²) in [4.78, 5) is 12.2. The molecule has 1 aromatic carbocycles. The van der Waals surface area contributed by atoms with E-state index in [9.17, 15) is 4.79 Å². The van der Waals surface area contributed by atoms with Gasteiger partial charge in [0, 0.05) is 24.3 Å². The van der Waals surface area contributed by atoms with E-state index in [1.807, 2.05) is 17.8 Å². The van der Waals surface area contributed by atoms with Crippen molar-refractivity contribution in [1.82, 2.24) is 15.1 Å². The summed E-state index contributed by atoms with van der Waals surface area (Å²) in [6.07, 6.45) is 2.65. The molecule has 0 aliphatic heterocycles. The molecule has 1 N–H and O–H groups in total. The summed E-state index contributed by atoms with van der Waals surface area (Å²) in [7, 11) is 0. The van der Waals surface area contributed by atoms with Gasteiger partial charge in [-0.3, -0.25) is 9.48 Å². The van der Waals surface area contributed by atoms with Crippen molar-refractivity contribution in [2.75, 3.05) is 6.54 Å². The van der Waals surface area contributed by atoms with Gasteiger partial charge >= 0.3 is 0 Å². The molecule has 0 aliphatic rings. The normalized spacial score (nSPS) is 10.9. The van der Waals surface area contributed by atoms with Gasteiger partial charge in [-0.25, -0.2) is 0 Å². The highest BCUT2D eigenvalue weighted by Crippen LogP contribution is 2.36. The smallest absolute Gasteiger partial charge is 0.286 e. The molecule has 0 unspecified atom stereocenters. The number of amides is 1. The minimum absolute atomic E-state index is 0.0713. The average molecular weight is 522 g/mol. The number of benzene rings is 1. The first kappa shape index (κ1) is 22.0. The van der Waals surface area contributed by atoms with Crippen LogP contribution in [0.4, 0.5) is 0 Å². The van der Waals surface area contributed by atoms with Crippen molar-refractivity contribution in [3.63, 3.8) is 0 Å². The SMILES string of the molecule is Cc1nn(CCCNC(=O)c2ccc(COc3c(Cl)cc(Cl)cc3Cl)o2)cc1Br. The van der Waals surface area contributed by atoms with E-state index in [2.05, 4.69) is 26.3 Å². The molecular weight excluding hydrogens is 504 g/mol. The van der Waals surface area contributed by atoms with Gasteiger partial charge in [0.25, 0.3) is 5.91 Å². The summed E-state index contributed by atoms with van der Waals surface area (Å²) in [5, 5.41) is 8.18. The van der Waals surface area contributed by atoms with Crippen LogP contribution in [0.2, 0.25) is 15.1 Å². The van der Waals surface area contributed by atoms with Gasteiger partial charge in [0.2, 0.25) is 0 Å². The lowest BCUT2D eigenvalue weighted by atomic mass is 10.3. The Hall–Kier alpha value is -1.67. The zero-order valence-corrected chi connectivity index (χ0v) is 19.2. The quantitative estimate of drug-likeness (QED) is 0.375. The van der Waals surface area contributed by atoms with Crippen molar-refractivity contribution in [3.8, 4) is 5.75 Å². The Kier molecular flexibility index (Phi) is 7.51. The maximum Gasteiger partial charge on any atom is 0.286 e. The van der Waals surface area contributed by atoms with Crippen LogP contribution in [0.1, 0.15) is 28.4 Å². The number of hydrogen-bond acceptors (Lipinski definition) is 4. The molecule has 6 nitrogen and oxygen atoms in total. The van der Waals surface area contributed by atoms with Crippen LogP contribution in [0.15, 0.2) is 39.4 Å². The highest BCUT2D eigenvalue weighted by molar-refractivity contribution is 9.10. The van der Waals surface area contributed by atoms with E-state index in [1.165, 1.54) is 12.1 Å². The van der Waals surface area contributed by atoms with E-state index >= 15 is 0 Å². The standard InChI is InChI=1S/C19H17BrCl3N3O3/c1-11-14(20)9-26(25-11)6-2-5-24-19(27)17-4-3-13(29-17)10-28-18-15(22)7-12(21)8-16(18)23/h3-4,7-9H,2,5-6,10H2,1H3,(H,24,27). The van der Waals surface area contributed by atoms with Crippen LogP contribution in [0.25, 0.3) is 0 Å². The molecule has 0 aliphatic carbocycles. The number of carbonyl (C=O) groups excluding carboxylic acids is 1. The molecule has 29 heavy (non-hydrogen) atoms.